The highest BCUT2D eigenvalue weighted by Gasteiger charge is 2.10. The van der Waals surface area contributed by atoms with Crippen LogP contribution in [0.2, 0.25) is 0 Å². The summed E-state index contributed by atoms with van der Waals surface area (Å²) in [5.41, 5.74) is 3.50. The number of carbonyl (C=O) groups is 1. The maximum atomic E-state index is 12.4. The maximum absolute atomic E-state index is 12.4. The van der Waals surface area contributed by atoms with Crippen LogP contribution >= 0.6 is 11.3 Å². The molecular weight excluding hydrogens is 428 g/mol. The lowest BCUT2D eigenvalue weighted by molar-refractivity contribution is -0.384. The van der Waals surface area contributed by atoms with Crippen molar-refractivity contribution < 1.29 is 14.5 Å². The van der Waals surface area contributed by atoms with Gasteiger partial charge in [-0.05, 0) is 36.4 Å². The molecule has 1 amide bonds. The Hall–Kier alpha value is -4.24. The van der Waals surface area contributed by atoms with Gasteiger partial charge in [-0.15, -0.1) is 11.3 Å². The number of aromatic nitrogens is 1. The third-order valence-corrected chi connectivity index (χ3v) is 5.36. The Balaban J connectivity index is 1.41. The van der Waals surface area contributed by atoms with E-state index in [1.165, 1.54) is 35.6 Å². The third kappa shape index (κ3) is 4.90. The normalized spacial score (nSPS) is 10.4. The number of ether oxygens (including phenoxy) is 1. The van der Waals surface area contributed by atoms with Gasteiger partial charge in [-0.1, -0.05) is 18.2 Å². The molecule has 0 aliphatic rings. The second kappa shape index (κ2) is 9.27. The summed E-state index contributed by atoms with van der Waals surface area (Å²) in [6.07, 6.45) is 0. The summed E-state index contributed by atoms with van der Waals surface area (Å²) in [5.74, 6) is 0.421. The molecule has 1 aromatic heterocycles. The minimum atomic E-state index is -0.503. The van der Waals surface area contributed by atoms with Crippen molar-refractivity contribution in [2.24, 2.45) is 0 Å². The fourth-order valence-electron chi connectivity index (χ4n) is 2.95. The summed E-state index contributed by atoms with van der Waals surface area (Å²) in [7, 11) is 1.62. The molecule has 0 aliphatic carbocycles. The first kappa shape index (κ1) is 21.0. The van der Waals surface area contributed by atoms with E-state index in [1.807, 2.05) is 41.8 Å². The average molecular weight is 446 g/mol. The highest BCUT2D eigenvalue weighted by Crippen LogP contribution is 2.29. The Kier molecular flexibility index (Phi) is 6.09. The zero-order chi connectivity index (χ0) is 22.5. The lowest BCUT2D eigenvalue weighted by Crippen LogP contribution is -2.11. The van der Waals surface area contributed by atoms with Crippen LogP contribution in [0.1, 0.15) is 10.4 Å². The molecule has 0 fully saturated rings. The summed E-state index contributed by atoms with van der Waals surface area (Å²) >= 11 is 1.49. The van der Waals surface area contributed by atoms with E-state index in [0.717, 1.165) is 27.8 Å². The molecule has 0 aliphatic heterocycles. The Morgan fingerprint density at radius 2 is 1.78 bits per heavy atom. The van der Waals surface area contributed by atoms with Crippen LogP contribution in [0.15, 0.2) is 78.2 Å². The van der Waals surface area contributed by atoms with Gasteiger partial charge in [0.25, 0.3) is 11.6 Å². The number of methoxy groups -OCH3 is 1. The largest absolute Gasteiger partial charge is 0.497 e. The van der Waals surface area contributed by atoms with Crippen LogP contribution in [0, 0.1) is 10.1 Å². The number of nitrogens with one attached hydrogen (secondary N) is 2. The number of hydrogen-bond donors (Lipinski definition) is 2. The fourth-order valence-corrected chi connectivity index (χ4v) is 3.69. The monoisotopic (exact) mass is 446 g/mol. The van der Waals surface area contributed by atoms with Crippen molar-refractivity contribution in [3.63, 3.8) is 0 Å². The molecule has 4 rings (SSSR count). The molecule has 0 bridgehead atoms. The molecule has 0 saturated heterocycles. The number of hydrogen-bond acceptors (Lipinski definition) is 7. The van der Waals surface area contributed by atoms with E-state index >= 15 is 0 Å². The first-order valence-corrected chi connectivity index (χ1v) is 10.4. The predicted molar refractivity (Wildman–Crippen MR) is 125 cm³/mol. The second-order valence-electron chi connectivity index (χ2n) is 6.73. The lowest BCUT2D eigenvalue weighted by atomic mass is 10.1. The first-order valence-electron chi connectivity index (χ1n) is 9.55. The predicted octanol–water partition coefficient (Wildman–Crippen LogP) is 5.72. The number of thiazole rings is 1. The quantitative estimate of drug-likeness (QED) is 0.278. The van der Waals surface area contributed by atoms with Crippen LogP contribution in [0.25, 0.3) is 11.3 Å². The number of carbonyl (C=O) groups excluding carboxylic acids is 1. The lowest BCUT2D eigenvalue weighted by Gasteiger charge is -2.06. The van der Waals surface area contributed by atoms with Crippen molar-refractivity contribution in [2.45, 2.75) is 0 Å². The Morgan fingerprint density at radius 3 is 2.47 bits per heavy atom. The molecule has 9 heteroatoms. The minimum Gasteiger partial charge on any atom is -0.497 e. The molecule has 3 aromatic carbocycles. The Labute approximate surface area is 187 Å². The standard InChI is InChI=1S/C23H18N4O4S/c1-31-20-4-2-3-18(13-20)25-23-26-21(14-32-23)15-5-9-17(10-6-15)24-22(28)16-7-11-19(12-8-16)27(29)30/h2-14H,1H3,(H,24,28)(H,25,26). The van der Waals surface area contributed by atoms with E-state index in [2.05, 4.69) is 15.6 Å². The fraction of sp³-hybridized carbons (Fsp3) is 0.0435. The van der Waals surface area contributed by atoms with Crippen LogP contribution < -0.4 is 15.4 Å². The van der Waals surface area contributed by atoms with Gasteiger partial charge in [0.1, 0.15) is 5.75 Å². The maximum Gasteiger partial charge on any atom is 0.269 e. The molecule has 160 valence electrons. The minimum absolute atomic E-state index is 0.0607. The summed E-state index contributed by atoms with van der Waals surface area (Å²) in [5, 5.41) is 19.5. The van der Waals surface area contributed by atoms with E-state index in [0.29, 0.717) is 11.3 Å². The van der Waals surface area contributed by atoms with Gasteiger partial charge in [0.15, 0.2) is 5.13 Å². The van der Waals surface area contributed by atoms with E-state index < -0.39 is 4.92 Å². The number of non-ortho nitro benzene ring substituents is 1. The molecule has 0 radical (unpaired) electrons. The van der Waals surface area contributed by atoms with Gasteiger partial charge in [0.05, 0.1) is 17.7 Å². The molecule has 8 nitrogen and oxygen atoms in total. The summed E-state index contributed by atoms with van der Waals surface area (Å²) in [4.78, 5) is 27.2. The summed E-state index contributed by atoms with van der Waals surface area (Å²) in [6, 6.07) is 20.4. The third-order valence-electron chi connectivity index (χ3n) is 4.60. The smallest absolute Gasteiger partial charge is 0.269 e. The highest BCUT2D eigenvalue weighted by molar-refractivity contribution is 7.14. The van der Waals surface area contributed by atoms with Gasteiger partial charge in [0.2, 0.25) is 0 Å². The molecule has 1 heterocycles. The number of rotatable bonds is 7. The molecule has 4 aromatic rings. The number of nitro benzene ring substituents is 1. The van der Waals surface area contributed by atoms with E-state index in [1.54, 1.807) is 19.2 Å². The summed E-state index contributed by atoms with van der Waals surface area (Å²) < 4.78 is 5.23. The summed E-state index contributed by atoms with van der Waals surface area (Å²) in [6.45, 7) is 0. The van der Waals surface area contributed by atoms with Crippen molar-refractivity contribution in [1.82, 2.24) is 4.98 Å². The van der Waals surface area contributed by atoms with Gasteiger partial charge in [-0.25, -0.2) is 4.98 Å². The van der Waals surface area contributed by atoms with Crippen molar-refractivity contribution >= 4 is 39.4 Å². The van der Waals surface area contributed by atoms with E-state index in [9.17, 15) is 14.9 Å². The topological polar surface area (TPSA) is 106 Å². The molecule has 0 spiro atoms. The SMILES string of the molecule is COc1cccc(Nc2nc(-c3ccc(NC(=O)c4ccc([N+](=O)[O-])cc4)cc3)cs2)c1. The van der Waals surface area contributed by atoms with Crippen molar-refractivity contribution in [3.05, 3.63) is 93.9 Å². The van der Waals surface area contributed by atoms with Gasteiger partial charge in [0, 0.05) is 46.1 Å². The van der Waals surface area contributed by atoms with Crippen LogP contribution in [-0.4, -0.2) is 22.9 Å². The molecular formula is C23H18N4O4S. The number of nitrogens with zero attached hydrogens (tertiary/aromatic N) is 2. The van der Waals surface area contributed by atoms with Crippen LogP contribution in [-0.2, 0) is 0 Å². The van der Waals surface area contributed by atoms with Crippen molar-refractivity contribution in [2.75, 3.05) is 17.7 Å². The van der Waals surface area contributed by atoms with Crippen LogP contribution in [0.3, 0.4) is 0 Å². The van der Waals surface area contributed by atoms with Gasteiger partial charge in [-0.2, -0.15) is 0 Å². The first-order chi connectivity index (χ1) is 15.5. The Morgan fingerprint density at radius 1 is 1.03 bits per heavy atom. The molecule has 0 atom stereocenters. The number of anilines is 3. The zero-order valence-electron chi connectivity index (χ0n) is 16.9. The molecule has 0 unspecified atom stereocenters. The van der Waals surface area contributed by atoms with E-state index in [-0.39, 0.29) is 11.6 Å². The van der Waals surface area contributed by atoms with Crippen molar-refractivity contribution in [1.29, 1.82) is 0 Å². The van der Waals surface area contributed by atoms with Gasteiger partial charge >= 0.3 is 0 Å². The van der Waals surface area contributed by atoms with Gasteiger partial charge in [-0.3, -0.25) is 14.9 Å². The van der Waals surface area contributed by atoms with Crippen molar-refractivity contribution in [3.8, 4) is 17.0 Å². The zero-order valence-corrected chi connectivity index (χ0v) is 17.8. The number of amides is 1. The number of benzene rings is 3. The average Bonchev–Trinajstić information content (AvgIpc) is 3.28. The molecule has 2 N–H and O–H groups in total. The second-order valence-corrected chi connectivity index (χ2v) is 7.59. The van der Waals surface area contributed by atoms with Gasteiger partial charge < -0.3 is 15.4 Å². The van der Waals surface area contributed by atoms with E-state index in [4.69, 9.17) is 4.74 Å². The molecule has 32 heavy (non-hydrogen) atoms. The van der Waals surface area contributed by atoms with Crippen LogP contribution in [0.5, 0.6) is 5.75 Å². The number of nitro groups is 1. The van der Waals surface area contributed by atoms with Crippen LogP contribution in [0.4, 0.5) is 22.2 Å². The molecule has 0 saturated carbocycles. The Bertz CT molecular complexity index is 1250. The highest BCUT2D eigenvalue weighted by atomic mass is 32.1.